The molecule has 21 heavy (non-hydrogen) atoms. The SMILES string of the molecule is CCNS(=O)(=O)c1ccc(NC(CC)c2ccco2)cc1. The molecule has 1 aromatic carbocycles. The summed E-state index contributed by atoms with van der Waals surface area (Å²) in [6.45, 7) is 4.19. The van der Waals surface area contributed by atoms with Crippen LogP contribution in [0.5, 0.6) is 0 Å². The lowest BCUT2D eigenvalue weighted by Crippen LogP contribution is -2.23. The first kappa shape index (κ1) is 15.6. The minimum absolute atomic E-state index is 0.0659. The second kappa shape index (κ2) is 6.78. The summed E-state index contributed by atoms with van der Waals surface area (Å²) in [5, 5.41) is 3.33. The molecule has 2 N–H and O–H groups in total. The number of sulfonamides is 1. The normalized spacial score (nSPS) is 13.0. The maximum atomic E-state index is 11.9. The van der Waals surface area contributed by atoms with Gasteiger partial charge in [-0.2, -0.15) is 0 Å². The van der Waals surface area contributed by atoms with Crippen molar-refractivity contribution in [2.75, 3.05) is 11.9 Å². The van der Waals surface area contributed by atoms with Gasteiger partial charge in [0.15, 0.2) is 0 Å². The monoisotopic (exact) mass is 308 g/mol. The number of rotatable bonds is 7. The van der Waals surface area contributed by atoms with Gasteiger partial charge in [-0.05, 0) is 42.8 Å². The van der Waals surface area contributed by atoms with E-state index >= 15 is 0 Å². The van der Waals surface area contributed by atoms with Gasteiger partial charge in [0.2, 0.25) is 10.0 Å². The zero-order valence-corrected chi connectivity index (χ0v) is 13.0. The van der Waals surface area contributed by atoms with Crippen molar-refractivity contribution in [2.45, 2.75) is 31.2 Å². The van der Waals surface area contributed by atoms with E-state index in [1.165, 1.54) is 0 Å². The van der Waals surface area contributed by atoms with Crippen LogP contribution in [-0.4, -0.2) is 15.0 Å². The number of hydrogen-bond donors (Lipinski definition) is 2. The second-order valence-electron chi connectivity index (χ2n) is 4.65. The summed E-state index contributed by atoms with van der Waals surface area (Å²) in [6.07, 6.45) is 2.51. The summed E-state index contributed by atoms with van der Waals surface area (Å²) in [5.74, 6) is 0.863. The van der Waals surface area contributed by atoms with E-state index in [0.717, 1.165) is 17.9 Å². The van der Waals surface area contributed by atoms with Gasteiger partial charge >= 0.3 is 0 Å². The topological polar surface area (TPSA) is 71.3 Å². The molecular weight excluding hydrogens is 288 g/mol. The highest BCUT2D eigenvalue weighted by atomic mass is 32.2. The van der Waals surface area contributed by atoms with Crippen molar-refractivity contribution in [1.29, 1.82) is 0 Å². The van der Waals surface area contributed by atoms with Crippen LogP contribution in [0.4, 0.5) is 5.69 Å². The van der Waals surface area contributed by atoms with Crippen LogP contribution in [0.1, 0.15) is 32.1 Å². The van der Waals surface area contributed by atoms with Gasteiger partial charge in [-0.3, -0.25) is 0 Å². The fourth-order valence-electron chi connectivity index (χ4n) is 2.07. The highest BCUT2D eigenvalue weighted by molar-refractivity contribution is 7.89. The zero-order valence-electron chi connectivity index (χ0n) is 12.2. The molecule has 0 saturated carbocycles. The van der Waals surface area contributed by atoms with Crippen LogP contribution in [0.2, 0.25) is 0 Å². The van der Waals surface area contributed by atoms with Crippen molar-refractivity contribution in [3.05, 3.63) is 48.4 Å². The summed E-state index contributed by atoms with van der Waals surface area (Å²) >= 11 is 0. The van der Waals surface area contributed by atoms with Crippen LogP contribution in [0, 0.1) is 0 Å². The average Bonchev–Trinajstić information content (AvgIpc) is 2.99. The predicted octanol–water partition coefficient (Wildman–Crippen LogP) is 3.14. The van der Waals surface area contributed by atoms with Crippen LogP contribution < -0.4 is 10.0 Å². The average molecular weight is 308 g/mol. The minimum atomic E-state index is -3.40. The van der Waals surface area contributed by atoms with Crippen LogP contribution in [0.25, 0.3) is 0 Å². The Morgan fingerprint density at radius 3 is 2.38 bits per heavy atom. The van der Waals surface area contributed by atoms with Crippen LogP contribution in [-0.2, 0) is 10.0 Å². The van der Waals surface area contributed by atoms with E-state index in [0.29, 0.717) is 6.54 Å². The molecule has 1 atom stereocenters. The van der Waals surface area contributed by atoms with Crippen molar-refractivity contribution in [3.63, 3.8) is 0 Å². The van der Waals surface area contributed by atoms with Gasteiger partial charge in [-0.25, -0.2) is 13.1 Å². The van der Waals surface area contributed by atoms with E-state index in [1.54, 1.807) is 37.5 Å². The molecule has 0 radical (unpaired) electrons. The smallest absolute Gasteiger partial charge is 0.240 e. The maximum absolute atomic E-state index is 11.9. The molecule has 114 valence electrons. The Hall–Kier alpha value is -1.79. The zero-order chi connectivity index (χ0) is 15.3. The third kappa shape index (κ3) is 3.86. The maximum Gasteiger partial charge on any atom is 0.240 e. The standard InChI is InChI=1S/C15H20N2O3S/c1-3-14(15-6-5-11-20-15)17-12-7-9-13(10-8-12)21(18,19)16-4-2/h5-11,14,16-17H,3-4H2,1-2H3. The van der Waals surface area contributed by atoms with E-state index in [2.05, 4.69) is 17.0 Å². The Labute approximate surface area is 125 Å². The lowest BCUT2D eigenvalue weighted by Gasteiger charge is -2.16. The molecule has 5 nitrogen and oxygen atoms in total. The lowest BCUT2D eigenvalue weighted by molar-refractivity contribution is 0.474. The summed E-state index contributed by atoms with van der Waals surface area (Å²) in [7, 11) is -3.40. The predicted molar refractivity (Wildman–Crippen MR) is 82.7 cm³/mol. The molecule has 0 bridgehead atoms. The molecule has 0 aliphatic rings. The third-order valence-electron chi connectivity index (χ3n) is 3.13. The van der Waals surface area contributed by atoms with Gasteiger partial charge in [-0.15, -0.1) is 0 Å². The quantitative estimate of drug-likeness (QED) is 0.824. The van der Waals surface area contributed by atoms with Crippen LogP contribution >= 0.6 is 0 Å². The minimum Gasteiger partial charge on any atom is -0.467 e. The van der Waals surface area contributed by atoms with E-state index in [-0.39, 0.29) is 10.9 Å². The van der Waals surface area contributed by atoms with Gasteiger partial charge in [0.1, 0.15) is 5.76 Å². The van der Waals surface area contributed by atoms with Crippen molar-refractivity contribution in [2.24, 2.45) is 0 Å². The Kier molecular flexibility index (Phi) is 5.03. The summed E-state index contributed by atoms with van der Waals surface area (Å²) in [5.41, 5.74) is 0.855. The molecule has 1 aromatic heterocycles. The number of nitrogens with one attached hydrogen (secondary N) is 2. The molecule has 0 spiro atoms. The molecule has 0 amide bonds. The van der Waals surface area contributed by atoms with E-state index in [9.17, 15) is 8.42 Å². The molecule has 0 fully saturated rings. The Balaban J connectivity index is 2.12. The van der Waals surface area contributed by atoms with Gasteiger partial charge in [0, 0.05) is 12.2 Å². The first-order valence-corrected chi connectivity index (χ1v) is 8.44. The van der Waals surface area contributed by atoms with E-state index in [1.807, 2.05) is 12.1 Å². The number of furan rings is 1. The summed E-state index contributed by atoms with van der Waals surface area (Å²) in [6, 6.07) is 10.5. The van der Waals surface area contributed by atoms with Gasteiger partial charge in [0.05, 0.1) is 17.2 Å². The number of benzene rings is 1. The van der Waals surface area contributed by atoms with Crippen molar-refractivity contribution in [3.8, 4) is 0 Å². The molecule has 0 aliphatic heterocycles. The second-order valence-corrected chi connectivity index (χ2v) is 6.41. The van der Waals surface area contributed by atoms with Gasteiger partial charge in [-0.1, -0.05) is 13.8 Å². The van der Waals surface area contributed by atoms with Crippen LogP contribution in [0.15, 0.2) is 52.0 Å². The summed E-state index contributed by atoms with van der Waals surface area (Å²) in [4.78, 5) is 0.265. The molecule has 0 saturated heterocycles. The van der Waals surface area contributed by atoms with Gasteiger partial charge in [0.25, 0.3) is 0 Å². The van der Waals surface area contributed by atoms with E-state index in [4.69, 9.17) is 4.42 Å². The van der Waals surface area contributed by atoms with E-state index < -0.39 is 10.0 Å². The van der Waals surface area contributed by atoms with Crippen molar-refractivity contribution in [1.82, 2.24) is 4.72 Å². The van der Waals surface area contributed by atoms with Crippen molar-refractivity contribution >= 4 is 15.7 Å². The largest absolute Gasteiger partial charge is 0.467 e. The fourth-order valence-corrected chi connectivity index (χ4v) is 3.11. The summed E-state index contributed by atoms with van der Waals surface area (Å²) < 4.78 is 31.6. The molecule has 1 heterocycles. The number of hydrogen-bond acceptors (Lipinski definition) is 4. The fraction of sp³-hybridized carbons (Fsp3) is 0.333. The Morgan fingerprint density at radius 2 is 1.86 bits per heavy atom. The Morgan fingerprint density at radius 1 is 1.14 bits per heavy atom. The molecule has 6 heteroatoms. The first-order valence-electron chi connectivity index (χ1n) is 6.96. The molecular formula is C15H20N2O3S. The molecule has 1 unspecified atom stereocenters. The van der Waals surface area contributed by atoms with Crippen molar-refractivity contribution < 1.29 is 12.8 Å². The van der Waals surface area contributed by atoms with Crippen LogP contribution in [0.3, 0.4) is 0 Å². The molecule has 0 aliphatic carbocycles. The molecule has 2 aromatic rings. The third-order valence-corrected chi connectivity index (χ3v) is 4.70. The first-order chi connectivity index (χ1) is 10.1. The highest BCUT2D eigenvalue weighted by Crippen LogP contribution is 2.23. The Bertz CT molecular complexity index is 649. The highest BCUT2D eigenvalue weighted by Gasteiger charge is 2.14. The molecule has 2 rings (SSSR count). The number of anilines is 1. The lowest BCUT2D eigenvalue weighted by atomic mass is 10.1. The van der Waals surface area contributed by atoms with Gasteiger partial charge < -0.3 is 9.73 Å².